The van der Waals surface area contributed by atoms with Gasteiger partial charge in [-0.15, -0.1) is 0 Å². The molecule has 0 aliphatic rings. The normalized spacial score (nSPS) is 12.9. The molecule has 96 valence electrons. The first kappa shape index (κ1) is 13.7. The Morgan fingerprint density at radius 3 is 2.41 bits per heavy atom. The number of hydrogen-bond acceptors (Lipinski definition) is 3. The zero-order valence-electron chi connectivity index (χ0n) is 11.1. The predicted octanol–water partition coefficient (Wildman–Crippen LogP) is 0.784. The van der Waals surface area contributed by atoms with E-state index in [9.17, 15) is 9.90 Å². The molecule has 0 saturated heterocycles. The summed E-state index contributed by atoms with van der Waals surface area (Å²) in [4.78, 5) is 12.1. The first-order valence-electron chi connectivity index (χ1n) is 5.80. The molecule has 2 N–H and O–H groups in total. The van der Waals surface area contributed by atoms with Crippen LogP contribution in [0.3, 0.4) is 0 Å². The molecular formula is C12H21N3O2. The molecule has 0 fully saturated rings. The minimum atomic E-state index is -0.221. The van der Waals surface area contributed by atoms with Gasteiger partial charge in [-0.05, 0) is 19.8 Å². The topological polar surface area (TPSA) is 67.2 Å². The molecule has 1 aromatic heterocycles. The van der Waals surface area contributed by atoms with E-state index in [-0.39, 0.29) is 24.5 Å². The maximum Gasteiger partial charge on any atom is 0.255 e. The van der Waals surface area contributed by atoms with Crippen LogP contribution in [0.15, 0.2) is 0 Å². The van der Waals surface area contributed by atoms with Crippen molar-refractivity contribution in [3.05, 3.63) is 17.0 Å². The van der Waals surface area contributed by atoms with Crippen LogP contribution in [0.2, 0.25) is 0 Å². The van der Waals surface area contributed by atoms with Gasteiger partial charge in [0.05, 0.1) is 23.9 Å². The Hall–Kier alpha value is -1.36. The maximum atomic E-state index is 12.1. The highest BCUT2D eigenvalue weighted by Crippen LogP contribution is 2.12. The molecule has 5 nitrogen and oxygen atoms in total. The number of aliphatic hydroxyl groups excluding tert-OH is 1. The van der Waals surface area contributed by atoms with E-state index in [4.69, 9.17) is 0 Å². The number of nitrogens with one attached hydrogen (secondary N) is 1. The molecule has 0 radical (unpaired) electrons. The van der Waals surface area contributed by atoms with Crippen LogP contribution >= 0.6 is 0 Å². The SMILES string of the molecule is Cc1nn(C)c(C)c1C(=O)NC(CO)C(C)C. The monoisotopic (exact) mass is 239 g/mol. The summed E-state index contributed by atoms with van der Waals surface area (Å²) in [7, 11) is 1.81. The lowest BCUT2D eigenvalue weighted by atomic mass is 10.0. The van der Waals surface area contributed by atoms with Crippen molar-refractivity contribution in [1.82, 2.24) is 15.1 Å². The number of hydrogen-bond donors (Lipinski definition) is 2. The first-order chi connectivity index (χ1) is 7.88. The van der Waals surface area contributed by atoms with Crippen molar-refractivity contribution in [2.45, 2.75) is 33.7 Å². The average molecular weight is 239 g/mol. The average Bonchev–Trinajstić information content (AvgIpc) is 2.49. The summed E-state index contributed by atoms with van der Waals surface area (Å²) >= 11 is 0. The fraction of sp³-hybridized carbons (Fsp3) is 0.667. The molecule has 1 unspecified atom stereocenters. The van der Waals surface area contributed by atoms with Gasteiger partial charge in [0, 0.05) is 12.7 Å². The Labute approximate surface area is 102 Å². The van der Waals surface area contributed by atoms with Gasteiger partial charge in [-0.3, -0.25) is 9.48 Å². The molecule has 0 spiro atoms. The van der Waals surface area contributed by atoms with Crippen LogP contribution in [0.1, 0.15) is 35.6 Å². The van der Waals surface area contributed by atoms with Gasteiger partial charge in [0.2, 0.25) is 0 Å². The number of aromatic nitrogens is 2. The Morgan fingerprint density at radius 2 is 2.06 bits per heavy atom. The van der Waals surface area contributed by atoms with Crippen molar-refractivity contribution < 1.29 is 9.90 Å². The smallest absolute Gasteiger partial charge is 0.255 e. The second-order valence-electron chi connectivity index (χ2n) is 4.68. The zero-order chi connectivity index (χ0) is 13.2. The van der Waals surface area contributed by atoms with Crippen LogP contribution in [-0.2, 0) is 7.05 Å². The molecule has 1 atom stereocenters. The van der Waals surface area contributed by atoms with Gasteiger partial charge in [0.15, 0.2) is 0 Å². The van der Waals surface area contributed by atoms with Crippen LogP contribution in [0.5, 0.6) is 0 Å². The highest BCUT2D eigenvalue weighted by atomic mass is 16.3. The number of carbonyl (C=O) groups is 1. The molecular weight excluding hydrogens is 218 g/mol. The molecule has 1 amide bonds. The molecule has 1 heterocycles. The van der Waals surface area contributed by atoms with Gasteiger partial charge in [-0.1, -0.05) is 13.8 Å². The highest BCUT2D eigenvalue weighted by molar-refractivity contribution is 5.96. The lowest BCUT2D eigenvalue weighted by Gasteiger charge is -2.19. The molecule has 0 bridgehead atoms. The third-order valence-corrected chi connectivity index (χ3v) is 3.05. The summed E-state index contributed by atoms with van der Waals surface area (Å²) in [5.74, 6) is 0.0297. The second-order valence-corrected chi connectivity index (χ2v) is 4.68. The maximum absolute atomic E-state index is 12.1. The Bertz CT molecular complexity index is 410. The minimum Gasteiger partial charge on any atom is -0.394 e. The fourth-order valence-electron chi connectivity index (χ4n) is 1.77. The minimum absolute atomic E-state index is 0.0538. The van der Waals surface area contributed by atoms with E-state index in [1.165, 1.54) is 0 Å². The zero-order valence-corrected chi connectivity index (χ0v) is 11.1. The van der Waals surface area contributed by atoms with E-state index < -0.39 is 0 Å². The van der Waals surface area contributed by atoms with E-state index >= 15 is 0 Å². The van der Waals surface area contributed by atoms with Crippen LogP contribution in [0, 0.1) is 19.8 Å². The molecule has 1 aromatic rings. The number of amides is 1. The van der Waals surface area contributed by atoms with Crippen molar-refractivity contribution in [1.29, 1.82) is 0 Å². The number of rotatable bonds is 4. The van der Waals surface area contributed by atoms with Crippen LogP contribution < -0.4 is 5.32 Å². The third kappa shape index (κ3) is 2.85. The van der Waals surface area contributed by atoms with E-state index in [1.807, 2.05) is 34.7 Å². The largest absolute Gasteiger partial charge is 0.394 e. The summed E-state index contributed by atoms with van der Waals surface area (Å²) in [6, 6.07) is -0.221. The molecule has 0 aromatic carbocycles. The van der Waals surface area contributed by atoms with Crippen molar-refractivity contribution in [3.63, 3.8) is 0 Å². The summed E-state index contributed by atoms with van der Waals surface area (Å²) in [6.45, 7) is 7.54. The standard InChI is InChI=1S/C12H21N3O2/c1-7(2)10(6-16)13-12(17)11-8(3)14-15(5)9(11)4/h7,10,16H,6H2,1-5H3,(H,13,17). The molecule has 5 heteroatoms. The van der Waals surface area contributed by atoms with Gasteiger partial charge in [-0.25, -0.2) is 0 Å². The fourth-order valence-corrected chi connectivity index (χ4v) is 1.77. The number of nitrogens with zero attached hydrogens (tertiary/aromatic N) is 2. The highest BCUT2D eigenvalue weighted by Gasteiger charge is 2.21. The Morgan fingerprint density at radius 1 is 1.47 bits per heavy atom. The van der Waals surface area contributed by atoms with Crippen LogP contribution in [0.25, 0.3) is 0 Å². The number of aryl methyl sites for hydroxylation is 2. The molecule has 17 heavy (non-hydrogen) atoms. The van der Waals surface area contributed by atoms with Gasteiger partial charge < -0.3 is 10.4 Å². The first-order valence-corrected chi connectivity index (χ1v) is 5.80. The number of carbonyl (C=O) groups excluding carboxylic acids is 1. The van der Waals surface area contributed by atoms with Crippen molar-refractivity contribution >= 4 is 5.91 Å². The van der Waals surface area contributed by atoms with Crippen molar-refractivity contribution in [3.8, 4) is 0 Å². The molecule has 0 aliphatic carbocycles. The van der Waals surface area contributed by atoms with E-state index in [0.717, 1.165) is 5.69 Å². The van der Waals surface area contributed by atoms with E-state index in [0.29, 0.717) is 11.3 Å². The molecule has 1 rings (SSSR count). The third-order valence-electron chi connectivity index (χ3n) is 3.05. The van der Waals surface area contributed by atoms with Gasteiger partial charge in [0.1, 0.15) is 0 Å². The lowest BCUT2D eigenvalue weighted by Crippen LogP contribution is -2.41. The van der Waals surface area contributed by atoms with Gasteiger partial charge in [0.25, 0.3) is 5.91 Å². The predicted molar refractivity (Wildman–Crippen MR) is 65.9 cm³/mol. The van der Waals surface area contributed by atoms with Gasteiger partial charge in [-0.2, -0.15) is 5.10 Å². The van der Waals surface area contributed by atoms with E-state index in [1.54, 1.807) is 4.68 Å². The van der Waals surface area contributed by atoms with Crippen LogP contribution in [-0.4, -0.2) is 33.4 Å². The summed E-state index contributed by atoms with van der Waals surface area (Å²) in [5.41, 5.74) is 2.15. The van der Waals surface area contributed by atoms with Crippen molar-refractivity contribution in [2.24, 2.45) is 13.0 Å². The Kier molecular flexibility index (Phi) is 4.28. The molecule has 0 saturated carbocycles. The lowest BCUT2D eigenvalue weighted by molar-refractivity contribution is 0.0895. The quantitative estimate of drug-likeness (QED) is 0.816. The van der Waals surface area contributed by atoms with Gasteiger partial charge >= 0.3 is 0 Å². The summed E-state index contributed by atoms with van der Waals surface area (Å²) in [5, 5.41) is 16.2. The second kappa shape index (κ2) is 5.31. The Balaban J connectivity index is 2.90. The van der Waals surface area contributed by atoms with Crippen LogP contribution in [0.4, 0.5) is 0 Å². The van der Waals surface area contributed by atoms with E-state index in [2.05, 4.69) is 10.4 Å². The number of aliphatic hydroxyl groups is 1. The van der Waals surface area contributed by atoms with Crippen molar-refractivity contribution in [2.75, 3.05) is 6.61 Å². The summed E-state index contributed by atoms with van der Waals surface area (Å²) < 4.78 is 1.69. The summed E-state index contributed by atoms with van der Waals surface area (Å²) in [6.07, 6.45) is 0. The molecule has 0 aliphatic heterocycles.